The summed E-state index contributed by atoms with van der Waals surface area (Å²) in [5, 5.41) is 7.99. The van der Waals surface area contributed by atoms with Crippen LogP contribution in [0, 0.1) is 0 Å². The van der Waals surface area contributed by atoms with Crippen molar-refractivity contribution in [1.82, 2.24) is 14.5 Å². The first-order valence-corrected chi connectivity index (χ1v) is 19.9. The second-order valence-corrected chi connectivity index (χ2v) is 18.3. The van der Waals surface area contributed by atoms with E-state index in [1.165, 1.54) is 57.9 Å². The van der Waals surface area contributed by atoms with E-state index in [2.05, 4.69) is 151 Å². The average molecular weight is 636 g/mol. The van der Waals surface area contributed by atoms with Crippen LogP contribution in [-0.2, 0) is 0 Å². The lowest BCUT2D eigenvalue weighted by molar-refractivity contribution is 1.16. The van der Waals surface area contributed by atoms with Gasteiger partial charge >= 0.3 is 0 Å². The molecule has 1 aliphatic heterocycles. The first-order chi connectivity index (χ1) is 23.1. The van der Waals surface area contributed by atoms with Gasteiger partial charge in [-0.15, -0.1) is 11.3 Å². The monoisotopic (exact) mass is 635 g/mol. The molecule has 222 valence electrons. The number of aromatic nitrogens is 3. The lowest BCUT2D eigenvalue weighted by Crippen LogP contribution is -2.50. The van der Waals surface area contributed by atoms with E-state index in [1.54, 1.807) is 0 Å². The third kappa shape index (κ3) is 3.72. The first-order valence-electron chi connectivity index (χ1n) is 16.1. The Labute approximate surface area is 277 Å². The van der Waals surface area contributed by atoms with E-state index < -0.39 is 8.07 Å². The summed E-state index contributed by atoms with van der Waals surface area (Å²) in [6, 6.07) is 50.4. The van der Waals surface area contributed by atoms with Gasteiger partial charge in [-0.1, -0.05) is 122 Å². The Bertz CT molecular complexity index is 2720. The van der Waals surface area contributed by atoms with Crippen LogP contribution >= 0.6 is 11.3 Å². The van der Waals surface area contributed by atoms with Gasteiger partial charge in [0.2, 0.25) is 0 Å². The molecule has 47 heavy (non-hydrogen) atoms. The van der Waals surface area contributed by atoms with Crippen LogP contribution in [-0.4, -0.2) is 22.6 Å². The average Bonchev–Trinajstić information content (AvgIpc) is 3.74. The zero-order valence-electron chi connectivity index (χ0n) is 26.0. The van der Waals surface area contributed by atoms with Crippen molar-refractivity contribution < 1.29 is 0 Å². The molecule has 3 aromatic heterocycles. The minimum Gasteiger partial charge on any atom is -0.309 e. The van der Waals surface area contributed by atoms with Gasteiger partial charge in [-0.25, -0.2) is 9.97 Å². The van der Waals surface area contributed by atoms with Crippen LogP contribution in [0.3, 0.4) is 0 Å². The van der Waals surface area contributed by atoms with Gasteiger partial charge in [0.05, 0.1) is 28.1 Å². The summed E-state index contributed by atoms with van der Waals surface area (Å²) in [7, 11) is -2.14. The van der Waals surface area contributed by atoms with E-state index in [-0.39, 0.29) is 0 Å². The molecule has 0 fully saturated rings. The number of rotatable bonds is 3. The zero-order valence-corrected chi connectivity index (χ0v) is 27.8. The fourth-order valence-electron chi connectivity index (χ4n) is 7.93. The summed E-state index contributed by atoms with van der Waals surface area (Å²) >= 11 is 1.88. The second-order valence-electron chi connectivity index (χ2n) is 13.0. The summed E-state index contributed by atoms with van der Waals surface area (Å²) in [5.74, 6) is 0.768. The molecule has 5 heteroatoms. The number of hydrogen-bond acceptors (Lipinski definition) is 3. The molecular weight excluding hydrogens is 607 g/mol. The van der Waals surface area contributed by atoms with E-state index in [9.17, 15) is 0 Å². The molecule has 1 aliphatic rings. The maximum Gasteiger partial charge on any atom is 0.160 e. The van der Waals surface area contributed by atoms with E-state index in [0.29, 0.717) is 0 Å². The van der Waals surface area contributed by atoms with Crippen molar-refractivity contribution in [2.24, 2.45) is 0 Å². The molecule has 6 aromatic carbocycles. The lowest BCUT2D eigenvalue weighted by atomic mass is 10.0. The highest BCUT2D eigenvalue weighted by Crippen LogP contribution is 2.44. The molecular formula is C42H29N3SSi. The van der Waals surface area contributed by atoms with Gasteiger partial charge in [-0.05, 0) is 46.3 Å². The molecule has 0 aliphatic carbocycles. The molecule has 0 N–H and O–H groups in total. The number of nitrogens with zero attached hydrogens (tertiary/aromatic N) is 3. The van der Waals surface area contributed by atoms with Crippen molar-refractivity contribution in [3.05, 3.63) is 140 Å². The van der Waals surface area contributed by atoms with Gasteiger partial charge in [0, 0.05) is 42.1 Å². The summed E-state index contributed by atoms with van der Waals surface area (Å²) in [6.45, 7) is 4.91. The normalized spacial score (nSPS) is 13.5. The maximum atomic E-state index is 5.49. The Morgan fingerprint density at radius 3 is 2.04 bits per heavy atom. The predicted octanol–water partition coefficient (Wildman–Crippen LogP) is 10.1. The largest absolute Gasteiger partial charge is 0.309 e. The van der Waals surface area contributed by atoms with Crippen LogP contribution in [0.25, 0.3) is 81.6 Å². The highest BCUT2D eigenvalue weighted by molar-refractivity contribution is 7.26. The Morgan fingerprint density at radius 1 is 0.532 bits per heavy atom. The van der Waals surface area contributed by atoms with Crippen LogP contribution in [0.5, 0.6) is 0 Å². The minimum absolute atomic E-state index is 0.768. The molecule has 0 amide bonds. The highest BCUT2D eigenvalue weighted by atomic mass is 32.1. The molecule has 0 saturated carbocycles. The topological polar surface area (TPSA) is 30.7 Å². The van der Waals surface area contributed by atoms with E-state index >= 15 is 0 Å². The van der Waals surface area contributed by atoms with Gasteiger partial charge in [-0.3, -0.25) is 0 Å². The Hall–Kier alpha value is -5.36. The molecule has 0 unspecified atom stereocenters. The van der Waals surface area contributed by atoms with Gasteiger partial charge < -0.3 is 4.57 Å². The third-order valence-electron chi connectivity index (χ3n) is 10.00. The smallest absolute Gasteiger partial charge is 0.160 e. The quantitative estimate of drug-likeness (QED) is 0.181. The molecule has 4 heterocycles. The summed E-state index contributed by atoms with van der Waals surface area (Å²) in [6.07, 6.45) is 0. The molecule has 0 atom stereocenters. The Balaban J connectivity index is 1.33. The maximum absolute atomic E-state index is 5.49. The second kappa shape index (κ2) is 9.82. The molecule has 9 aromatic rings. The number of fused-ring (bicyclic) bond motifs is 10. The zero-order chi connectivity index (χ0) is 31.3. The van der Waals surface area contributed by atoms with E-state index in [4.69, 9.17) is 9.97 Å². The number of thiophene rings is 1. The molecule has 3 nitrogen and oxygen atoms in total. The van der Waals surface area contributed by atoms with Gasteiger partial charge in [-0.2, -0.15) is 0 Å². The van der Waals surface area contributed by atoms with Gasteiger partial charge in [0.15, 0.2) is 5.82 Å². The van der Waals surface area contributed by atoms with Gasteiger partial charge in [0.25, 0.3) is 0 Å². The SMILES string of the molecule is C[Si]1(C)c2ccccc2-c2nc(-c3ccccc3)nc(-c3ccccc3-n3c4ccccc4c4c5c(ccc43)sc3ccccc35)c21. The highest BCUT2D eigenvalue weighted by Gasteiger charge is 2.42. The number of para-hydroxylation sites is 2. The van der Waals surface area contributed by atoms with Crippen molar-refractivity contribution in [1.29, 1.82) is 0 Å². The van der Waals surface area contributed by atoms with E-state index in [0.717, 1.165) is 34.0 Å². The molecule has 0 spiro atoms. The molecule has 10 rings (SSSR count). The van der Waals surface area contributed by atoms with Crippen LogP contribution in [0.15, 0.2) is 140 Å². The predicted molar refractivity (Wildman–Crippen MR) is 202 cm³/mol. The number of hydrogen-bond donors (Lipinski definition) is 0. The van der Waals surface area contributed by atoms with Crippen molar-refractivity contribution in [2.45, 2.75) is 13.1 Å². The third-order valence-corrected chi connectivity index (χ3v) is 14.6. The molecule has 0 saturated heterocycles. The Morgan fingerprint density at radius 2 is 1.19 bits per heavy atom. The van der Waals surface area contributed by atoms with Crippen LogP contribution in [0.2, 0.25) is 13.1 Å². The standard InChI is InChI=1S/C42H29N3SSi/c1-47(2)36-23-13-9-19-30(36)40-41(47)39(43-42(44-40)26-14-4-3-5-15-26)28-17-7-11-21-32(28)45-31-20-10-6-16-27(31)37-33(45)24-25-35-38(37)29-18-8-12-22-34(29)46-35/h3-25H,1-2H3. The van der Waals surface area contributed by atoms with Crippen molar-refractivity contribution in [2.75, 3.05) is 0 Å². The molecule has 0 radical (unpaired) electrons. The van der Waals surface area contributed by atoms with Crippen LogP contribution in [0.1, 0.15) is 0 Å². The van der Waals surface area contributed by atoms with Crippen LogP contribution in [0.4, 0.5) is 0 Å². The summed E-state index contributed by atoms with van der Waals surface area (Å²) in [4.78, 5) is 10.8. The number of benzene rings is 6. The first kappa shape index (κ1) is 26.8. The van der Waals surface area contributed by atoms with Crippen molar-refractivity contribution >= 4 is 71.8 Å². The fourth-order valence-corrected chi connectivity index (χ4v) is 12.3. The lowest BCUT2D eigenvalue weighted by Gasteiger charge is -2.23. The summed E-state index contributed by atoms with van der Waals surface area (Å²) in [5.41, 5.74) is 9.10. The van der Waals surface area contributed by atoms with Crippen molar-refractivity contribution in [3.63, 3.8) is 0 Å². The fraction of sp³-hybridized carbons (Fsp3) is 0.0476. The van der Waals surface area contributed by atoms with Crippen LogP contribution < -0.4 is 10.4 Å². The summed E-state index contributed by atoms with van der Waals surface area (Å²) < 4.78 is 5.12. The molecule has 0 bridgehead atoms. The Kier molecular flexibility index (Phi) is 5.60. The van der Waals surface area contributed by atoms with E-state index in [1.807, 2.05) is 17.4 Å². The van der Waals surface area contributed by atoms with Gasteiger partial charge in [0.1, 0.15) is 8.07 Å². The minimum atomic E-state index is -2.14. The van der Waals surface area contributed by atoms with Crippen molar-refractivity contribution in [3.8, 4) is 39.6 Å².